The van der Waals surface area contributed by atoms with Gasteiger partial charge in [-0.15, -0.1) is 0 Å². The van der Waals surface area contributed by atoms with Crippen LogP contribution in [0.2, 0.25) is 0 Å². The van der Waals surface area contributed by atoms with Gasteiger partial charge in [-0.3, -0.25) is 19.7 Å². The number of benzene rings is 1. The van der Waals surface area contributed by atoms with E-state index in [0.717, 1.165) is 31.6 Å². The van der Waals surface area contributed by atoms with Crippen LogP contribution in [0.1, 0.15) is 36.9 Å². The number of piperidine rings is 1. The van der Waals surface area contributed by atoms with Crippen molar-refractivity contribution in [1.82, 2.24) is 20.2 Å². The molecule has 0 aliphatic carbocycles. The van der Waals surface area contributed by atoms with Crippen LogP contribution in [0, 0.1) is 0 Å². The van der Waals surface area contributed by atoms with Crippen LogP contribution in [0.25, 0.3) is 0 Å². The average molecular weight is 338 g/mol. The van der Waals surface area contributed by atoms with Gasteiger partial charge in [0, 0.05) is 31.1 Å². The lowest BCUT2D eigenvalue weighted by Gasteiger charge is -2.32. The van der Waals surface area contributed by atoms with Crippen molar-refractivity contribution < 1.29 is 4.79 Å². The number of hydrogen-bond acceptors (Lipinski definition) is 4. The Labute approximate surface area is 149 Å². The molecule has 132 valence electrons. The third-order valence-electron chi connectivity index (χ3n) is 4.77. The van der Waals surface area contributed by atoms with Crippen LogP contribution in [0.5, 0.6) is 0 Å². The topological polar surface area (TPSA) is 58.1 Å². The molecule has 1 aromatic heterocycles. The molecule has 0 spiro atoms. The highest BCUT2D eigenvalue weighted by Gasteiger charge is 2.22. The van der Waals surface area contributed by atoms with Gasteiger partial charge in [0.05, 0.1) is 12.2 Å². The molecular formula is C20H26N4O. The standard InChI is InChI=1S/C20H26N4O/c1-16(13-19-14-21-9-10-22-19)23-20(25)15-24-11-7-18(8-12-24)17-5-3-2-4-6-17/h2-6,9-10,14,16,18H,7-8,11-13,15H2,1H3,(H,23,25)/t16-/m1/s1. The van der Waals surface area contributed by atoms with Crippen LogP contribution in [-0.2, 0) is 11.2 Å². The average Bonchev–Trinajstić information content (AvgIpc) is 2.63. The van der Waals surface area contributed by atoms with Crippen LogP contribution in [0.3, 0.4) is 0 Å². The number of amides is 1. The Balaban J connectivity index is 1.40. The Kier molecular flexibility index (Phi) is 6.12. The Morgan fingerprint density at radius 1 is 1.24 bits per heavy atom. The maximum Gasteiger partial charge on any atom is 0.234 e. The highest BCUT2D eigenvalue weighted by molar-refractivity contribution is 5.78. The second-order valence-electron chi connectivity index (χ2n) is 6.83. The van der Waals surface area contributed by atoms with Crippen LogP contribution < -0.4 is 5.32 Å². The number of rotatable bonds is 6. The Morgan fingerprint density at radius 3 is 2.68 bits per heavy atom. The van der Waals surface area contributed by atoms with E-state index < -0.39 is 0 Å². The van der Waals surface area contributed by atoms with Gasteiger partial charge in [-0.1, -0.05) is 30.3 Å². The molecule has 1 aromatic carbocycles. The first kappa shape index (κ1) is 17.5. The summed E-state index contributed by atoms with van der Waals surface area (Å²) in [5.74, 6) is 0.714. The molecule has 0 radical (unpaired) electrons. The lowest BCUT2D eigenvalue weighted by molar-refractivity contribution is -0.123. The second kappa shape index (κ2) is 8.72. The fraction of sp³-hybridized carbons (Fsp3) is 0.450. The summed E-state index contributed by atoms with van der Waals surface area (Å²) in [6, 6.07) is 10.8. The predicted octanol–water partition coefficient (Wildman–Crippen LogP) is 2.40. The minimum absolute atomic E-state index is 0.0612. The first-order valence-electron chi connectivity index (χ1n) is 9.02. The van der Waals surface area contributed by atoms with Crippen LogP contribution >= 0.6 is 0 Å². The van der Waals surface area contributed by atoms with E-state index >= 15 is 0 Å². The van der Waals surface area contributed by atoms with Crippen molar-refractivity contribution in [3.05, 3.63) is 60.2 Å². The van der Waals surface area contributed by atoms with Crippen molar-refractivity contribution in [2.75, 3.05) is 19.6 Å². The molecule has 1 saturated heterocycles. The van der Waals surface area contributed by atoms with E-state index in [9.17, 15) is 4.79 Å². The Morgan fingerprint density at radius 2 is 2.00 bits per heavy atom. The van der Waals surface area contributed by atoms with Crippen molar-refractivity contribution in [2.45, 2.75) is 38.1 Å². The maximum atomic E-state index is 12.3. The predicted molar refractivity (Wildman–Crippen MR) is 98.2 cm³/mol. The summed E-state index contributed by atoms with van der Waals surface area (Å²) in [6.07, 6.45) is 8.03. The van der Waals surface area contributed by atoms with Crippen molar-refractivity contribution in [1.29, 1.82) is 0 Å². The minimum Gasteiger partial charge on any atom is -0.352 e. The van der Waals surface area contributed by atoms with Crippen LogP contribution in [0.15, 0.2) is 48.9 Å². The number of carbonyl (C=O) groups is 1. The summed E-state index contributed by atoms with van der Waals surface area (Å²) in [7, 11) is 0. The molecule has 2 aromatic rings. The second-order valence-corrected chi connectivity index (χ2v) is 6.83. The zero-order chi connectivity index (χ0) is 17.5. The van der Waals surface area contributed by atoms with Gasteiger partial charge in [0.15, 0.2) is 0 Å². The van der Waals surface area contributed by atoms with E-state index in [1.807, 2.05) is 6.92 Å². The van der Waals surface area contributed by atoms with E-state index in [-0.39, 0.29) is 11.9 Å². The molecule has 1 N–H and O–H groups in total. The van der Waals surface area contributed by atoms with Crippen molar-refractivity contribution >= 4 is 5.91 Å². The number of likely N-dealkylation sites (tertiary alicyclic amines) is 1. The molecule has 2 heterocycles. The van der Waals surface area contributed by atoms with E-state index in [4.69, 9.17) is 0 Å². The number of aromatic nitrogens is 2. The fourth-order valence-electron chi connectivity index (χ4n) is 3.47. The molecule has 1 aliphatic rings. The van der Waals surface area contributed by atoms with Crippen LogP contribution in [-0.4, -0.2) is 46.5 Å². The highest BCUT2D eigenvalue weighted by atomic mass is 16.2. The highest BCUT2D eigenvalue weighted by Crippen LogP contribution is 2.27. The molecule has 1 amide bonds. The first-order chi connectivity index (χ1) is 12.2. The van der Waals surface area contributed by atoms with Gasteiger partial charge in [0.2, 0.25) is 5.91 Å². The quantitative estimate of drug-likeness (QED) is 0.879. The maximum absolute atomic E-state index is 12.3. The summed E-state index contributed by atoms with van der Waals surface area (Å²) >= 11 is 0. The molecule has 1 aliphatic heterocycles. The van der Waals surface area contributed by atoms with E-state index in [0.29, 0.717) is 18.9 Å². The summed E-state index contributed by atoms with van der Waals surface area (Å²) < 4.78 is 0. The molecule has 25 heavy (non-hydrogen) atoms. The van der Waals surface area contributed by atoms with Crippen molar-refractivity contribution in [2.24, 2.45) is 0 Å². The van der Waals surface area contributed by atoms with Crippen LogP contribution in [0.4, 0.5) is 0 Å². The third kappa shape index (κ3) is 5.36. The van der Waals surface area contributed by atoms with Gasteiger partial charge in [-0.05, 0) is 44.3 Å². The first-order valence-corrected chi connectivity index (χ1v) is 9.02. The van der Waals surface area contributed by atoms with E-state index in [2.05, 4.69) is 50.5 Å². The number of nitrogens with zero attached hydrogens (tertiary/aromatic N) is 3. The van der Waals surface area contributed by atoms with Gasteiger partial charge < -0.3 is 5.32 Å². The molecule has 1 fully saturated rings. The van der Waals surface area contributed by atoms with Gasteiger partial charge >= 0.3 is 0 Å². The molecule has 0 saturated carbocycles. The number of hydrogen-bond donors (Lipinski definition) is 1. The molecular weight excluding hydrogens is 312 g/mol. The molecule has 5 heteroatoms. The summed E-state index contributed by atoms with van der Waals surface area (Å²) in [4.78, 5) is 22.8. The van der Waals surface area contributed by atoms with Gasteiger partial charge in [0.25, 0.3) is 0 Å². The minimum atomic E-state index is 0.0612. The molecule has 0 unspecified atom stereocenters. The number of nitrogens with one attached hydrogen (secondary N) is 1. The monoisotopic (exact) mass is 338 g/mol. The van der Waals surface area contributed by atoms with Crippen molar-refractivity contribution in [3.8, 4) is 0 Å². The third-order valence-corrected chi connectivity index (χ3v) is 4.77. The summed E-state index contributed by atoms with van der Waals surface area (Å²) in [5, 5.41) is 3.07. The van der Waals surface area contributed by atoms with E-state index in [1.54, 1.807) is 18.6 Å². The zero-order valence-corrected chi connectivity index (χ0v) is 14.8. The van der Waals surface area contributed by atoms with Gasteiger partial charge in [0.1, 0.15) is 0 Å². The summed E-state index contributed by atoms with van der Waals surface area (Å²) in [6.45, 7) is 4.44. The molecule has 0 bridgehead atoms. The fourth-order valence-corrected chi connectivity index (χ4v) is 3.47. The lowest BCUT2D eigenvalue weighted by Crippen LogP contribution is -2.44. The Hall–Kier alpha value is -2.27. The largest absolute Gasteiger partial charge is 0.352 e. The zero-order valence-electron chi connectivity index (χ0n) is 14.8. The molecule has 1 atom stereocenters. The van der Waals surface area contributed by atoms with E-state index in [1.165, 1.54) is 5.56 Å². The lowest BCUT2D eigenvalue weighted by atomic mass is 9.89. The van der Waals surface area contributed by atoms with Gasteiger partial charge in [-0.25, -0.2) is 0 Å². The number of carbonyl (C=O) groups excluding carboxylic acids is 1. The smallest absolute Gasteiger partial charge is 0.234 e. The Bertz CT molecular complexity index is 654. The molecule has 5 nitrogen and oxygen atoms in total. The summed E-state index contributed by atoms with van der Waals surface area (Å²) in [5.41, 5.74) is 2.32. The molecule has 3 rings (SSSR count). The SMILES string of the molecule is C[C@H](Cc1cnccn1)NC(=O)CN1CCC(c2ccccc2)CC1. The normalized spacial score (nSPS) is 17.2. The van der Waals surface area contributed by atoms with Crippen molar-refractivity contribution in [3.63, 3.8) is 0 Å². The van der Waals surface area contributed by atoms with Gasteiger partial charge in [-0.2, -0.15) is 0 Å².